The van der Waals surface area contributed by atoms with Crippen LogP contribution in [-0.4, -0.2) is 27.9 Å². The smallest absolute Gasteiger partial charge is 0.282 e. The molecule has 1 unspecified atom stereocenters. The summed E-state index contributed by atoms with van der Waals surface area (Å²) in [5.74, 6) is 0. The van der Waals surface area contributed by atoms with Crippen molar-refractivity contribution in [2.24, 2.45) is 0 Å². The van der Waals surface area contributed by atoms with Crippen LogP contribution in [0, 0.1) is 0 Å². The summed E-state index contributed by atoms with van der Waals surface area (Å²) in [6, 6.07) is 8.23. The second-order valence-corrected chi connectivity index (χ2v) is 12.0. The molecule has 1 aliphatic rings. The van der Waals surface area contributed by atoms with Crippen molar-refractivity contribution < 1.29 is 13.6 Å². The normalized spacial score (nSPS) is 19.2. The summed E-state index contributed by atoms with van der Waals surface area (Å²) in [6.07, 6.45) is 5.31. The number of halogens is 1. The minimum atomic E-state index is -2.91. The lowest BCUT2D eigenvalue weighted by molar-refractivity contribution is -0.162. The maximum absolute atomic E-state index is 15.5. The predicted octanol–water partition coefficient (Wildman–Crippen LogP) is 5.10. The van der Waals surface area contributed by atoms with Gasteiger partial charge in [0.05, 0.1) is 6.61 Å². The van der Waals surface area contributed by atoms with Crippen LogP contribution in [0.25, 0.3) is 0 Å². The van der Waals surface area contributed by atoms with Gasteiger partial charge in [0.25, 0.3) is 8.41 Å². The van der Waals surface area contributed by atoms with Crippen LogP contribution in [0.4, 0.5) is 4.11 Å². The van der Waals surface area contributed by atoms with Crippen molar-refractivity contribution in [1.29, 1.82) is 0 Å². The number of aryl methyl sites for hydroxylation is 1. The average Bonchev–Trinajstić information content (AvgIpc) is 2.59. The number of ether oxygens (including phenoxy) is 2. The van der Waals surface area contributed by atoms with Crippen LogP contribution in [0.15, 0.2) is 24.3 Å². The van der Waals surface area contributed by atoms with Gasteiger partial charge < -0.3 is 13.6 Å². The number of benzene rings is 1. The lowest BCUT2D eigenvalue weighted by atomic mass is 10.1. The van der Waals surface area contributed by atoms with E-state index in [0.29, 0.717) is 0 Å². The van der Waals surface area contributed by atoms with Gasteiger partial charge in [-0.1, -0.05) is 52.0 Å². The van der Waals surface area contributed by atoms with Crippen molar-refractivity contribution in [2.75, 3.05) is 13.2 Å². The first-order chi connectivity index (χ1) is 11.4. The van der Waals surface area contributed by atoms with Gasteiger partial charge in [-0.05, 0) is 53.9 Å². The number of hydrogen-bond donors (Lipinski definition) is 0. The van der Waals surface area contributed by atoms with Crippen molar-refractivity contribution in [3.8, 4) is 0 Å². The van der Waals surface area contributed by atoms with Gasteiger partial charge in [0.15, 0.2) is 6.29 Å². The monoisotopic (exact) mass is 352 g/mol. The van der Waals surface area contributed by atoms with Crippen LogP contribution in [0.2, 0.25) is 11.1 Å². The second kappa shape index (κ2) is 9.11. The summed E-state index contributed by atoms with van der Waals surface area (Å²) < 4.78 is 26.9. The van der Waals surface area contributed by atoms with Crippen LogP contribution < -0.4 is 5.19 Å². The summed E-state index contributed by atoms with van der Waals surface area (Å²) in [5, 5.41) is 0.933. The quantitative estimate of drug-likeness (QED) is 0.368. The molecular formula is C20H33FO2Si. The SMILES string of the molecule is CC(C)[Si](F)(c1ccc(CCCOC2CCCCO2)cc1)C(C)C. The summed E-state index contributed by atoms with van der Waals surface area (Å²) >= 11 is 0. The fourth-order valence-corrected chi connectivity index (χ4v) is 6.94. The van der Waals surface area contributed by atoms with Crippen LogP contribution in [0.3, 0.4) is 0 Å². The third kappa shape index (κ3) is 4.90. The van der Waals surface area contributed by atoms with Crippen molar-refractivity contribution in [1.82, 2.24) is 0 Å². The van der Waals surface area contributed by atoms with Crippen molar-refractivity contribution in [2.45, 2.75) is 77.2 Å². The molecule has 1 atom stereocenters. The van der Waals surface area contributed by atoms with Crippen molar-refractivity contribution >= 4 is 13.6 Å². The molecule has 0 spiro atoms. The molecule has 1 fully saturated rings. The van der Waals surface area contributed by atoms with E-state index in [1.807, 2.05) is 39.8 Å². The average molecular weight is 353 g/mol. The zero-order valence-electron chi connectivity index (χ0n) is 15.7. The molecule has 1 aromatic carbocycles. The molecule has 0 amide bonds. The highest BCUT2D eigenvalue weighted by molar-refractivity contribution is 6.88. The standard InChI is InChI=1S/C20H33FO2Si/c1-16(2)24(21,17(3)4)19-12-10-18(11-13-19)8-7-15-23-20-9-5-6-14-22-20/h10-13,16-17,20H,5-9,14-15H2,1-4H3. The van der Waals surface area contributed by atoms with E-state index in [1.54, 1.807) is 0 Å². The summed E-state index contributed by atoms with van der Waals surface area (Å²) in [7, 11) is -2.91. The summed E-state index contributed by atoms with van der Waals surface area (Å²) in [5.41, 5.74) is 1.47. The molecule has 136 valence electrons. The minimum absolute atomic E-state index is 0.00337. The Labute approximate surface area is 147 Å². The first-order valence-electron chi connectivity index (χ1n) is 9.46. The van der Waals surface area contributed by atoms with Gasteiger partial charge >= 0.3 is 0 Å². The van der Waals surface area contributed by atoms with Crippen molar-refractivity contribution in [3.63, 3.8) is 0 Å². The molecule has 4 heteroatoms. The third-order valence-corrected chi connectivity index (χ3v) is 9.71. The van der Waals surface area contributed by atoms with Gasteiger partial charge in [0, 0.05) is 6.61 Å². The molecule has 0 radical (unpaired) electrons. The number of hydrogen-bond acceptors (Lipinski definition) is 2. The zero-order valence-corrected chi connectivity index (χ0v) is 16.7. The molecule has 0 bridgehead atoms. The van der Waals surface area contributed by atoms with E-state index in [0.717, 1.165) is 44.1 Å². The van der Waals surface area contributed by atoms with E-state index in [-0.39, 0.29) is 17.4 Å². The molecule has 0 aliphatic carbocycles. The van der Waals surface area contributed by atoms with Gasteiger partial charge in [-0.15, -0.1) is 0 Å². The molecule has 1 aliphatic heterocycles. The van der Waals surface area contributed by atoms with Gasteiger partial charge in [0.2, 0.25) is 0 Å². The van der Waals surface area contributed by atoms with E-state index < -0.39 is 8.41 Å². The Balaban J connectivity index is 1.83. The van der Waals surface area contributed by atoms with E-state index in [4.69, 9.17) is 9.47 Å². The molecule has 0 N–H and O–H groups in total. The van der Waals surface area contributed by atoms with Gasteiger partial charge in [-0.25, -0.2) is 0 Å². The van der Waals surface area contributed by atoms with Gasteiger partial charge in [-0.3, -0.25) is 0 Å². The van der Waals surface area contributed by atoms with Crippen molar-refractivity contribution in [3.05, 3.63) is 29.8 Å². The van der Waals surface area contributed by atoms with Gasteiger partial charge in [-0.2, -0.15) is 0 Å². The lowest BCUT2D eigenvalue weighted by Gasteiger charge is -2.30. The van der Waals surface area contributed by atoms with E-state index in [2.05, 4.69) is 12.1 Å². The van der Waals surface area contributed by atoms with E-state index in [1.165, 1.54) is 12.0 Å². The van der Waals surface area contributed by atoms with Gasteiger partial charge in [0.1, 0.15) is 0 Å². The summed E-state index contributed by atoms with van der Waals surface area (Å²) in [6.45, 7) is 9.63. The maximum Gasteiger partial charge on any atom is 0.282 e. The van der Waals surface area contributed by atoms with Crippen LogP contribution in [-0.2, 0) is 15.9 Å². The highest BCUT2D eigenvalue weighted by atomic mass is 28.4. The molecule has 2 rings (SSSR count). The predicted molar refractivity (Wildman–Crippen MR) is 101 cm³/mol. The molecule has 1 aromatic rings. The lowest BCUT2D eigenvalue weighted by Crippen LogP contribution is -2.49. The molecule has 1 heterocycles. The van der Waals surface area contributed by atoms with Crippen LogP contribution in [0.5, 0.6) is 0 Å². The fraction of sp³-hybridized carbons (Fsp3) is 0.700. The highest BCUT2D eigenvalue weighted by Crippen LogP contribution is 2.33. The number of rotatable bonds is 8. The zero-order chi connectivity index (χ0) is 17.6. The van der Waals surface area contributed by atoms with E-state index >= 15 is 4.11 Å². The topological polar surface area (TPSA) is 18.5 Å². The Bertz CT molecular complexity index is 473. The van der Waals surface area contributed by atoms with Crippen LogP contribution >= 0.6 is 0 Å². The Hall–Kier alpha value is -0.713. The molecule has 0 saturated carbocycles. The molecule has 2 nitrogen and oxygen atoms in total. The Morgan fingerprint density at radius 1 is 1.12 bits per heavy atom. The molecule has 24 heavy (non-hydrogen) atoms. The highest BCUT2D eigenvalue weighted by Gasteiger charge is 2.43. The Morgan fingerprint density at radius 3 is 2.33 bits per heavy atom. The largest absolute Gasteiger partial charge is 0.353 e. The minimum Gasteiger partial charge on any atom is -0.353 e. The molecular weight excluding hydrogens is 319 g/mol. The Morgan fingerprint density at radius 2 is 1.79 bits per heavy atom. The molecule has 0 aromatic heterocycles. The van der Waals surface area contributed by atoms with Crippen LogP contribution in [0.1, 0.15) is 58.9 Å². The second-order valence-electron chi connectivity index (χ2n) is 7.54. The molecule has 1 saturated heterocycles. The maximum atomic E-state index is 15.5. The first kappa shape index (κ1) is 19.6. The van der Waals surface area contributed by atoms with E-state index in [9.17, 15) is 0 Å². The third-order valence-electron chi connectivity index (χ3n) is 5.13. The first-order valence-corrected chi connectivity index (χ1v) is 11.5. The fourth-order valence-electron chi connectivity index (χ4n) is 3.59. The Kier molecular flexibility index (Phi) is 7.45. The summed E-state index contributed by atoms with van der Waals surface area (Å²) in [4.78, 5) is 0.